The van der Waals surface area contributed by atoms with Crippen LogP contribution in [0.3, 0.4) is 0 Å². The zero-order chi connectivity index (χ0) is 17.6. The number of nitrogens with one attached hydrogen (secondary N) is 2. The molecular formula is C18H32N4O2. The molecule has 3 N–H and O–H groups in total. The van der Waals surface area contributed by atoms with Gasteiger partial charge in [0.1, 0.15) is 17.1 Å². The van der Waals surface area contributed by atoms with Gasteiger partial charge in [0.2, 0.25) is 0 Å². The minimum absolute atomic E-state index is 0.250. The van der Waals surface area contributed by atoms with Gasteiger partial charge in [-0.25, -0.2) is 4.99 Å². The number of hydrogen-bond acceptors (Lipinski definition) is 4. The first-order valence-electron chi connectivity index (χ1n) is 8.90. The highest BCUT2D eigenvalue weighted by atomic mass is 16.4. The van der Waals surface area contributed by atoms with E-state index in [0.29, 0.717) is 11.7 Å². The van der Waals surface area contributed by atoms with Crippen molar-refractivity contribution in [1.29, 1.82) is 0 Å². The summed E-state index contributed by atoms with van der Waals surface area (Å²) in [6.07, 6.45) is 2.50. The quantitative estimate of drug-likeness (QED) is 0.545. The van der Waals surface area contributed by atoms with E-state index in [1.165, 1.54) is 19.4 Å². The molecule has 2 atom stereocenters. The Bertz CT molecular complexity index is 539. The van der Waals surface area contributed by atoms with Crippen molar-refractivity contribution in [3.05, 3.63) is 23.7 Å². The van der Waals surface area contributed by atoms with E-state index in [-0.39, 0.29) is 6.54 Å². The number of aliphatic hydroxyl groups is 1. The fourth-order valence-corrected chi connectivity index (χ4v) is 3.06. The minimum Gasteiger partial charge on any atom is -0.463 e. The van der Waals surface area contributed by atoms with Crippen LogP contribution in [0.15, 0.2) is 21.5 Å². The van der Waals surface area contributed by atoms with Gasteiger partial charge in [-0.1, -0.05) is 0 Å². The van der Waals surface area contributed by atoms with Crippen molar-refractivity contribution in [2.45, 2.75) is 39.2 Å². The summed E-state index contributed by atoms with van der Waals surface area (Å²) < 4.78 is 5.54. The Morgan fingerprint density at radius 3 is 2.88 bits per heavy atom. The minimum atomic E-state index is -1.11. The average molecular weight is 336 g/mol. The summed E-state index contributed by atoms with van der Waals surface area (Å²) in [4.78, 5) is 6.92. The third-order valence-electron chi connectivity index (χ3n) is 4.44. The molecule has 6 heteroatoms. The molecule has 0 spiro atoms. The zero-order valence-electron chi connectivity index (χ0n) is 15.4. The van der Waals surface area contributed by atoms with Gasteiger partial charge in [-0.15, -0.1) is 0 Å². The molecule has 1 aliphatic rings. The molecular weight excluding hydrogens is 304 g/mol. The Kier molecular flexibility index (Phi) is 6.69. The van der Waals surface area contributed by atoms with E-state index in [2.05, 4.69) is 27.6 Å². The molecule has 136 valence electrons. The summed E-state index contributed by atoms with van der Waals surface area (Å²) in [6.45, 7) is 9.89. The molecule has 6 nitrogen and oxygen atoms in total. The largest absolute Gasteiger partial charge is 0.463 e. The second-order valence-electron chi connectivity index (χ2n) is 7.03. The Labute approximate surface area is 145 Å². The van der Waals surface area contributed by atoms with E-state index in [4.69, 9.17) is 4.42 Å². The predicted octanol–water partition coefficient (Wildman–Crippen LogP) is 1.69. The van der Waals surface area contributed by atoms with Crippen LogP contribution in [0, 0.1) is 12.8 Å². The molecule has 2 unspecified atom stereocenters. The molecule has 1 aromatic heterocycles. The fourth-order valence-electron chi connectivity index (χ4n) is 3.06. The van der Waals surface area contributed by atoms with Gasteiger partial charge < -0.3 is 25.1 Å². The summed E-state index contributed by atoms with van der Waals surface area (Å²) in [7, 11) is 2.17. The molecule has 1 aromatic rings. The zero-order valence-corrected chi connectivity index (χ0v) is 15.4. The van der Waals surface area contributed by atoms with Gasteiger partial charge >= 0.3 is 0 Å². The van der Waals surface area contributed by atoms with Crippen LogP contribution in [0.2, 0.25) is 0 Å². The van der Waals surface area contributed by atoms with E-state index in [1.807, 2.05) is 26.0 Å². The number of aryl methyl sites for hydroxylation is 1. The maximum atomic E-state index is 10.6. The fraction of sp³-hybridized carbons (Fsp3) is 0.722. The summed E-state index contributed by atoms with van der Waals surface area (Å²) in [5.41, 5.74) is -1.11. The van der Waals surface area contributed by atoms with Gasteiger partial charge in [0, 0.05) is 19.6 Å². The summed E-state index contributed by atoms with van der Waals surface area (Å²) in [6, 6.07) is 3.67. The first-order valence-corrected chi connectivity index (χ1v) is 8.90. The summed E-state index contributed by atoms with van der Waals surface area (Å²) in [5, 5.41) is 17.3. The standard InChI is InChI=1S/C18H32N4O2/c1-5-19-17(20-11-15-7-6-10-22(4)12-15)21-13-18(3,23)16-9-8-14(2)24-16/h8-9,15,23H,5-7,10-13H2,1-4H3,(H2,19,20,21). The number of furan rings is 1. The second-order valence-corrected chi connectivity index (χ2v) is 7.03. The van der Waals surface area contributed by atoms with Gasteiger partial charge in [-0.2, -0.15) is 0 Å². The second kappa shape index (κ2) is 8.53. The average Bonchev–Trinajstić information content (AvgIpc) is 2.98. The number of nitrogens with zero attached hydrogens (tertiary/aromatic N) is 2. The van der Waals surface area contributed by atoms with Crippen molar-refractivity contribution in [1.82, 2.24) is 15.5 Å². The van der Waals surface area contributed by atoms with E-state index >= 15 is 0 Å². The molecule has 0 radical (unpaired) electrons. The summed E-state index contributed by atoms with van der Waals surface area (Å²) >= 11 is 0. The van der Waals surface area contributed by atoms with E-state index in [0.717, 1.165) is 31.4 Å². The van der Waals surface area contributed by atoms with Crippen LogP contribution in [-0.4, -0.2) is 55.7 Å². The van der Waals surface area contributed by atoms with Crippen molar-refractivity contribution < 1.29 is 9.52 Å². The van der Waals surface area contributed by atoms with Crippen LogP contribution in [0.25, 0.3) is 0 Å². The molecule has 2 heterocycles. The smallest absolute Gasteiger partial charge is 0.191 e. The molecule has 1 fully saturated rings. The Morgan fingerprint density at radius 1 is 1.46 bits per heavy atom. The molecule has 0 bridgehead atoms. The van der Waals surface area contributed by atoms with Crippen LogP contribution in [-0.2, 0) is 5.60 Å². The lowest BCUT2D eigenvalue weighted by Crippen LogP contribution is -2.44. The third-order valence-corrected chi connectivity index (χ3v) is 4.44. The van der Waals surface area contributed by atoms with Gasteiger partial charge in [-0.05, 0) is 65.3 Å². The van der Waals surface area contributed by atoms with Gasteiger partial charge in [0.25, 0.3) is 0 Å². The highest BCUT2D eigenvalue weighted by Gasteiger charge is 2.27. The lowest BCUT2D eigenvalue weighted by atomic mass is 9.99. The van der Waals surface area contributed by atoms with Crippen LogP contribution >= 0.6 is 0 Å². The molecule has 1 aliphatic heterocycles. The monoisotopic (exact) mass is 336 g/mol. The lowest BCUT2D eigenvalue weighted by Gasteiger charge is -2.30. The van der Waals surface area contributed by atoms with Crippen LogP contribution < -0.4 is 10.6 Å². The third kappa shape index (κ3) is 5.53. The molecule has 1 saturated heterocycles. The Morgan fingerprint density at radius 2 is 2.25 bits per heavy atom. The van der Waals surface area contributed by atoms with E-state index < -0.39 is 5.60 Å². The summed E-state index contributed by atoms with van der Waals surface area (Å²) in [5.74, 6) is 2.73. The van der Waals surface area contributed by atoms with Crippen LogP contribution in [0.1, 0.15) is 38.2 Å². The van der Waals surface area contributed by atoms with Gasteiger partial charge in [-0.3, -0.25) is 0 Å². The van der Waals surface area contributed by atoms with Gasteiger partial charge in [0.05, 0.1) is 6.54 Å². The van der Waals surface area contributed by atoms with Crippen molar-refractivity contribution in [2.24, 2.45) is 10.9 Å². The SMILES string of the molecule is CCNC(=NCC(C)(O)c1ccc(C)o1)NCC1CCCN(C)C1. The number of rotatable bonds is 6. The maximum Gasteiger partial charge on any atom is 0.191 e. The van der Waals surface area contributed by atoms with Crippen LogP contribution in [0.5, 0.6) is 0 Å². The normalized spacial score (nSPS) is 22.2. The Hall–Kier alpha value is -1.53. The topological polar surface area (TPSA) is 73.0 Å². The highest BCUT2D eigenvalue weighted by Crippen LogP contribution is 2.23. The maximum absolute atomic E-state index is 10.6. The number of hydrogen-bond donors (Lipinski definition) is 3. The van der Waals surface area contributed by atoms with Gasteiger partial charge in [0.15, 0.2) is 5.96 Å². The lowest BCUT2D eigenvalue weighted by molar-refractivity contribution is 0.0428. The number of piperidine rings is 1. The van der Waals surface area contributed by atoms with E-state index in [1.54, 1.807) is 6.92 Å². The Balaban J connectivity index is 1.92. The predicted molar refractivity (Wildman–Crippen MR) is 97.2 cm³/mol. The van der Waals surface area contributed by atoms with E-state index in [9.17, 15) is 5.11 Å². The molecule has 2 rings (SSSR count). The number of guanidine groups is 1. The molecule has 0 aromatic carbocycles. The van der Waals surface area contributed by atoms with Crippen molar-refractivity contribution in [3.63, 3.8) is 0 Å². The molecule has 24 heavy (non-hydrogen) atoms. The first kappa shape index (κ1) is 18.8. The molecule has 0 amide bonds. The molecule has 0 aliphatic carbocycles. The first-order chi connectivity index (χ1) is 11.4. The highest BCUT2D eigenvalue weighted by molar-refractivity contribution is 5.79. The van der Waals surface area contributed by atoms with Crippen molar-refractivity contribution >= 4 is 5.96 Å². The number of aliphatic imine (C=N–C) groups is 1. The van der Waals surface area contributed by atoms with Crippen LogP contribution in [0.4, 0.5) is 0 Å². The van der Waals surface area contributed by atoms with Crippen molar-refractivity contribution in [2.75, 3.05) is 39.8 Å². The van der Waals surface area contributed by atoms with Crippen molar-refractivity contribution in [3.8, 4) is 0 Å². The molecule has 0 saturated carbocycles. The number of likely N-dealkylation sites (tertiary alicyclic amines) is 1.